The Balaban J connectivity index is 1.83. The lowest BCUT2D eigenvalue weighted by Crippen LogP contribution is -2.51. The maximum absolute atomic E-state index is 5.52. The molecule has 1 spiro atoms. The number of hydrogen-bond acceptors (Lipinski definition) is 3. The Kier molecular flexibility index (Phi) is 2.94. The maximum Gasteiger partial charge on any atom is 0.126 e. The van der Waals surface area contributed by atoms with Crippen molar-refractivity contribution < 1.29 is 9.47 Å². The number of methoxy groups -OCH3 is 2. The van der Waals surface area contributed by atoms with E-state index in [0.717, 1.165) is 11.5 Å². The number of hydrogen-bond donors (Lipinski definition) is 1. The van der Waals surface area contributed by atoms with Gasteiger partial charge in [0.25, 0.3) is 0 Å². The van der Waals surface area contributed by atoms with Gasteiger partial charge < -0.3 is 14.8 Å². The molecule has 3 heteroatoms. The van der Waals surface area contributed by atoms with Crippen molar-refractivity contribution in [1.29, 1.82) is 0 Å². The van der Waals surface area contributed by atoms with Crippen LogP contribution in [0, 0.1) is 5.41 Å². The Bertz CT molecular complexity index is 440. The molecule has 3 nitrogen and oxygen atoms in total. The molecule has 3 rings (SSSR count). The molecule has 1 aromatic rings. The van der Waals surface area contributed by atoms with Gasteiger partial charge in [-0.05, 0) is 42.2 Å². The summed E-state index contributed by atoms with van der Waals surface area (Å²) in [7, 11) is 3.44. The molecule has 1 unspecified atom stereocenters. The van der Waals surface area contributed by atoms with Crippen LogP contribution in [-0.2, 0) is 0 Å². The largest absolute Gasteiger partial charge is 0.497 e. The number of ether oxygens (including phenoxy) is 2. The van der Waals surface area contributed by atoms with Gasteiger partial charge in [0, 0.05) is 19.2 Å². The summed E-state index contributed by atoms with van der Waals surface area (Å²) in [4.78, 5) is 0. The van der Waals surface area contributed by atoms with E-state index in [-0.39, 0.29) is 0 Å². The Morgan fingerprint density at radius 1 is 1.22 bits per heavy atom. The van der Waals surface area contributed by atoms with Gasteiger partial charge in [0.15, 0.2) is 0 Å². The first-order chi connectivity index (χ1) is 8.76. The second kappa shape index (κ2) is 4.47. The lowest BCUT2D eigenvalue weighted by atomic mass is 9.79. The summed E-state index contributed by atoms with van der Waals surface area (Å²) in [6.45, 7) is 2.39. The first kappa shape index (κ1) is 11.8. The molecule has 1 saturated carbocycles. The van der Waals surface area contributed by atoms with Crippen LogP contribution < -0.4 is 14.8 Å². The Hall–Kier alpha value is -1.22. The first-order valence-corrected chi connectivity index (χ1v) is 6.69. The van der Waals surface area contributed by atoms with E-state index >= 15 is 0 Å². The second-order valence-corrected chi connectivity index (χ2v) is 5.65. The monoisotopic (exact) mass is 247 g/mol. The zero-order chi connectivity index (χ0) is 12.6. The topological polar surface area (TPSA) is 30.5 Å². The van der Waals surface area contributed by atoms with Gasteiger partial charge in [-0.1, -0.05) is 6.07 Å². The summed E-state index contributed by atoms with van der Waals surface area (Å²) in [5.74, 6) is 2.49. The predicted octanol–water partition coefficient (Wildman–Crippen LogP) is 2.56. The average molecular weight is 247 g/mol. The molecule has 1 heterocycles. The van der Waals surface area contributed by atoms with Gasteiger partial charge in [-0.25, -0.2) is 0 Å². The third kappa shape index (κ3) is 1.87. The van der Waals surface area contributed by atoms with Gasteiger partial charge >= 0.3 is 0 Å². The van der Waals surface area contributed by atoms with Crippen LogP contribution in [0.5, 0.6) is 11.5 Å². The van der Waals surface area contributed by atoms with Gasteiger partial charge in [-0.3, -0.25) is 0 Å². The maximum atomic E-state index is 5.52. The molecule has 1 aromatic carbocycles. The van der Waals surface area contributed by atoms with E-state index in [4.69, 9.17) is 9.47 Å². The highest BCUT2D eigenvalue weighted by Gasteiger charge is 2.44. The molecule has 0 amide bonds. The van der Waals surface area contributed by atoms with Crippen molar-refractivity contribution in [1.82, 2.24) is 5.32 Å². The summed E-state index contributed by atoms with van der Waals surface area (Å²) >= 11 is 0. The van der Waals surface area contributed by atoms with E-state index in [2.05, 4.69) is 11.4 Å². The highest BCUT2D eigenvalue weighted by molar-refractivity contribution is 5.43. The number of rotatable bonds is 3. The molecule has 1 aliphatic heterocycles. The smallest absolute Gasteiger partial charge is 0.126 e. The summed E-state index contributed by atoms with van der Waals surface area (Å²) in [6.07, 6.45) is 3.92. The fraction of sp³-hybridized carbons (Fsp3) is 0.600. The highest BCUT2D eigenvalue weighted by Crippen LogP contribution is 2.50. The molecule has 2 aliphatic rings. The van der Waals surface area contributed by atoms with Crippen LogP contribution in [-0.4, -0.2) is 27.3 Å². The van der Waals surface area contributed by atoms with Crippen LogP contribution in [0.2, 0.25) is 0 Å². The van der Waals surface area contributed by atoms with Crippen molar-refractivity contribution in [3.63, 3.8) is 0 Å². The quantitative estimate of drug-likeness (QED) is 0.890. The van der Waals surface area contributed by atoms with Crippen molar-refractivity contribution in [2.24, 2.45) is 5.41 Å². The van der Waals surface area contributed by atoms with Crippen molar-refractivity contribution >= 4 is 0 Å². The molecular weight excluding hydrogens is 226 g/mol. The number of nitrogens with one attached hydrogen (secondary N) is 1. The van der Waals surface area contributed by atoms with E-state index in [1.165, 1.54) is 37.9 Å². The zero-order valence-electron chi connectivity index (χ0n) is 11.2. The molecule has 2 fully saturated rings. The van der Waals surface area contributed by atoms with Crippen LogP contribution in [0.25, 0.3) is 0 Å². The minimum absolute atomic E-state index is 0.579. The lowest BCUT2D eigenvalue weighted by Gasteiger charge is -2.39. The van der Waals surface area contributed by atoms with Gasteiger partial charge in [0.2, 0.25) is 0 Å². The lowest BCUT2D eigenvalue weighted by molar-refractivity contribution is 0.175. The fourth-order valence-electron chi connectivity index (χ4n) is 3.43. The van der Waals surface area contributed by atoms with E-state index in [0.29, 0.717) is 11.3 Å². The third-order valence-electron chi connectivity index (χ3n) is 4.58. The standard InChI is InChI=1S/C15H21NO2/c1-17-12-3-4-13(14(7-12)18-2)11-5-6-15(8-11)9-16-10-15/h3-4,7,11,16H,5-6,8-10H2,1-2H3. The zero-order valence-corrected chi connectivity index (χ0v) is 11.2. The van der Waals surface area contributed by atoms with Crippen molar-refractivity contribution in [2.45, 2.75) is 25.2 Å². The van der Waals surface area contributed by atoms with Crippen LogP contribution >= 0.6 is 0 Å². The van der Waals surface area contributed by atoms with Crippen molar-refractivity contribution in [3.8, 4) is 11.5 Å². The Labute approximate surface area is 108 Å². The summed E-state index contributed by atoms with van der Waals surface area (Å²) in [5, 5.41) is 3.41. The van der Waals surface area contributed by atoms with Crippen LogP contribution in [0.15, 0.2) is 18.2 Å². The molecule has 1 aliphatic carbocycles. The first-order valence-electron chi connectivity index (χ1n) is 6.69. The summed E-state index contributed by atoms with van der Waals surface area (Å²) < 4.78 is 10.8. The van der Waals surface area contributed by atoms with E-state index < -0.39 is 0 Å². The Morgan fingerprint density at radius 2 is 2.06 bits per heavy atom. The second-order valence-electron chi connectivity index (χ2n) is 5.65. The van der Waals surface area contributed by atoms with E-state index in [9.17, 15) is 0 Å². The highest BCUT2D eigenvalue weighted by atomic mass is 16.5. The number of benzene rings is 1. The molecule has 0 radical (unpaired) electrons. The minimum Gasteiger partial charge on any atom is -0.497 e. The molecular formula is C15H21NO2. The molecule has 98 valence electrons. The molecule has 1 saturated heterocycles. The molecule has 0 aromatic heterocycles. The van der Waals surface area contributed by atoms with Gasteiger partial charge in [-0.15, -0.1) is 0 Å². The van der Waals surface area contributed by atoms with Crippen LogP contribution in [0.3, 0.4) is 0 Å². The predicted molar refractivity (Wildman–Crippen MR) is 71.4 cm³/mol. The molecule has 18 heavy (non-hydrogen) atoms. The van der Waals surface area contributed by atoms with Gasteiger partial charge in [-0.2, -0.15) is 0 Å². The summed E-state index contributed by atoms with van der Waals surface area (Å²) in [5.41, 5.74) is 1.93. The van der Waals surface area contributed by atoms with Crippen molar-refractivity contribution in [3.05, 3.63) is 23.8 Å². The molecule has 1 atom stereocenters. The normalized spacial score (nSPS) is 24.9. The SMILES string of the molecule is COc1ccc(C2CCC3(CNC3)C2)c(OC)c1. The molecule has 1 N–H and O–H groups in total. The third-order valence-corrected chi connectivity index (χ3v) is 4.58. The van der Waals surface area contributed by atoms with E-state index in [1.54, 1.807) is 14.2 Å². The van der Waals surface area contributed by atoms with Gasteiger partial charge in [0.05, 0.1) is 14.2 Å². The average Bonchev–Trinajstić information content (AvgIpc) is 2.83. The van der Waals surface area contributed by atoms with Crippen molar-refractivity contribution in [2.75, 3.05) is 27.3 Å². The Morgan fingerprint density at radius 3 is 2.61 bits per heavy atom. The summed E-state index contributed by atoms with van der Waals surface area (Å²) in [6, 6.07) is 6.22. The van der Waals surface area contributed by atoms with Gasteiger partial charge in [0.1, 0.15) is 11.5 Å². The minimum atomic E-state index is 0.579. The fourth-order valence-corrected chi connectivity index (χ4v) is 3.43. The van der Waals surface area contributed by atoms with Crippen LogP contribution in [0.1, 0.15) is 30.7 Å². The van der Waals surface area contributed by atoms with Crippen LogP contribution in [0.4, 0.5) is 0 Å². The molecule has 0 bridgehead atoms. The van der Waals surface area contributed by atoms with E-state index in [1.807, 2.05) is 12.1 Å².